The van der Waals surface area contributed by atoms with E-state index >= 15 is 0 Å². The van der Waals surface area contributed by atoms with E-state index in [1.165, 1.54) is 0 Å². The fourth-order valence-corrected chi connectivity index (χ4v) is 2.51. The van der Waals surface area contributed by atoms with Crippen molar-refractivity contribution in [1.29, 1.82) is 0 Å². The van der Waals surface area contributed by atoms with Crippen molar-refractivity contribution in [3.8, 4) is 33.7 Å². The third-order valence-corrected chi connectivity index (χ3v) is 4.22. The number of nitrogens with zero attached hydrogens (tertiary/aromatic N) is 2. The minimum atomic E-state index is -0.818. The monoisotopic (exact) mass is 356 g/mol. The highest BCUT2D eigenvalue weighted by atomic mass is 32.3. The van der Waals surface area contributed by atoms with Gasteiger partial charge in [0.1, 0.15) is 0 Å². The first-order valence-corrected chi connectivity index (χ1v) is 13.2. The Hall–Kier alpha value is -1.88. The molecule has 2 rings (SSSR count). The summed E-state index contributed by atoms with van der Waals surface area (Å²) in [4.78, 5) is 8.95. The molecule has 0 aliphatic heterocycles. The lowest BCUT2D eigenvalue weighted by molar-refractivity contribution is 1.24. The first kappa shape index (κ1) is 18.5. The second kappa shape index (κ2) is 7.34. The number of aromatic nitrogens is 2. The van der Waals surface area contributed by atoms with Gasteiger partial charge in [0.05, 0.1) is 11.4 Å². The quantitative estimate of drug-likeness (QED) is 0.717. The van der Waals surface area contributed by atoms with Gasteiger partial charge in [0.25, 0.3) is 0 Å². The zero-order chi connectivity index (χ0) is 17.8. The van der Waals surface area contributed by atoms with Crippen LogP contribution < -0.4 is 0 Å². The fourth-order valence-electron chi connectivity index (χ4n) is 1.66. The third-order valence-electron chi connectivity index (χ3n) is 2.79. The van der Waals surface area contributed by atoms with Crippen molar-refractivity contribution in [3.63, 3.8) is 0 Å². The molecule has 0 spiro atoms. The van der Waals surface area contributed by atoms with Crippen LogP contribution in [0.25, 0.3) is 11.4 Å². The first-order valence-electron chi connectivity index (χ1n) is 7.47. The lowest BCUT2D eigenvalue weighted by atomic mass is 10.2. The van der Waals surface area contributed by atoms with Gasteiger partial charge in [-0.3, -0.25) is 9.97 Å². The minimum absolute atomic E-state index is 0.818. The molecule has 0 saturated carbocycles. The van der Waals surface area contributed by atoms with Crippen LogP contribution in [0.15, 0.2) is 36.7 Å². The molecular weight excluding hydrogens is 332 g/mol. The van der Waals surface area contributed by atoms with Crippen LogP contribution in [0.3, 0.4) is 0 Å². The predicted molar refractivity (Wildman–Crippen MR) is 112 cm³/mol. The van der Waals surface area contributed by atoms with Crippen molar-refractivity contribution in [3.05, 3.63) is 47.8 Å². The number of hydrogen-bond donors (Lipinski definition) is 0. The van der Waals surface area contributed by atoms with Crippen LogP contribution in [-0.2, 0) is 0 Å². The van der Waals surface area contributed by atoms with Crippen LogP contribution >= 0.6 is 20.1 Å². The van der Waals surface area contributed by atoms with Crippen molar-refractivity contribution < 1.29 is 0 Å². The maximum absolute atomic E-state index is 4.48. The van der Waals surface area contributed by atoms with Gasteiger partial charge in [-0.05, 0) is 72.3 Å². The second-order valence-electron chi connectivity index (χ2n) is 6.99. The van der Waals surface area contributed by atoms with Gasteiger partial charge in [0.2, 0.25) is 0 Å². The number of hydrogen-bond acceptors (Lipinski definition) is 2. The van der Waals surface area contributed by atoms with Gasteiger partial charge in [0, 0.05) is 23.5 Å². The van der Waals surface area contributed by atoms with Gasteiger partial charge < -0.3 is 0 Å². The molecular formula is C20H24N2S2. The van der Waals surface area contributed by atoms with E-state index in [2.05, 4.69) is 69.8 Å². The molecule has 2 nitrogen and oxygen atoms in total. The lowest BCUT2D eigenvalue weighted by Crippen LogP contribution is -1.90. The van der Waals surface area contributed by atoms with Crippen LogP contribution in [0, 0.1) is 22.3 Å². The smallest absolute Gasteiger partial charge is 0.0887 e. The van der Waals surface area contributed by atoms with E-state index in [0.717, 1.165) is 22.5 Å². The summed E-state index contributed by atoms with van der Waals surface area (Å²) in [5, 5.41) is 6.59. The lowest BCUT2D eigenvalue weighted by Gasteiger charge is -2.14. The summed E-state index contributed by atoms with van der Waals surface area (Å²) >= 11 is 0. The zero-order valence-corrected chi connectivity index (χ0v) is 16.8. The molecule has 0 aromatic carbocycles. The highest BCUT2D eigenvalue weighted by Gasteiger charge is 2.02. The Labute approximate surface area is 149 Å². The molecule has 0 bridgehead atoms. The molecule has 0 atom stereocenters. The molecule has 24 heavy (non-hydrogen) atoms. The molecule has 4 heteroatoms. The van der Waals surface area contributed by atoms with Gasteiger partial charge in [-0.15, -0.1) is 0 Å². The van der Waals surface area contributed by atoms with Crippen LogP contribution in [-0.4, -0.2) is 47.5 Å². The Morgan fingerprint density at radius 2 is 1.00 bits per heavy atom. The average Bonchev–Trinajstić information content (AvgIpc) is 2.51. The van der Waals surface area contributed by atoms with E-state index in [1.54, 1.807) is 0 Å². The standard InChI is InChI=1S/C20H24N2S2/c1-23(2,3)13-11-17-7-9-19(21-15-17)20-10-8-18(16-22-20)12-14-24(4,5)6/h7-10,15-16H,1-6H3. The van der Waals surface area contributed by atoms with Gasteiger partial charge in [-0.2, -0.15) is 20.1 Å². The predicted octanol–water partition coefficient (Wildman–Crippen LogP) is 4.15. The molecule has 0 saturated heterocycles. The van der Waals surface area contributed by atoms with Crippen LogP contribution in [0.1, 0.15) is 11.1 Å². The normalized spacial score (nSPS) is 12.4. The molecule has 0 unspecified atom stereocenters. The molecule has 0 amide bonds. The van der Waals surface area contributed by atoms with E-state index in [4.69, 9.17) is 0 Å². The van der Waals surface area contributed by atoms with Crippen molar-refractivity contribution >= 4 is 20.1 Å². The molecule has 126 valence electrons. The van der Waals surface area contributed by atoms with Crippen molar-refractivity contribution in [2.45, 2.75) is 0 Å². The largest absolute Gasteiger partial charge is 0.253 e. The van der Waals surface area contributed by atoms with Crippen molar-refractivity contribution in [2.75, 3.05) is 37.5 Å². The highest BCUT2D eigenvalue weighted by molar-refractivity contribution is 8.36. The topological polar surface area (TPSA) is 25.8 Å². The summed E-state index contributed by atoms with van der Waals surface area (Å²) in [7, 11) is -1.64. The summed E-state index contributed by atoms with van der Waals surface area (Å²) in [6.45, 7) is 0. The summed E-state index contributed by atoms with van der Waals surface area (Å²) < 4.78 is 0. The zero-order valence-electron chi connectivity index (χ0n) is 15.2. The van der Waals surface area contributed by atoms with Crippen molar-refractivity contribution in [2.24, 2.45) is 0 Å². The molecule has 0 aliphatic carbocycles. The summed E-state index contributed by atoms with van der Waals surface area (Å²) in [6, 6.07) is 7.93. The molecule has 2 aromatic heterocycles. The van der Waals surface area contributed by atoms with E-state index in [-0.39, 0.29) is 0 Å². The first-order chi connectivity index (χ1) is 11.1. The van der Waals surface area contributed by atoms with Gasteiger partial charge in [-0.25, -0.2) is 0 Å². The van der Waals surface area contributed by atoms with E-state index in [9.17, 15) is 0 Å². The van der Waals surface area contributed by atoms with Crippen molar-refractivity contribution in [1.82, 2.24) is 9.97 Å². The highest BCUT2D eigenvalue weighted by Crippen LogP contribution is 2.33. The van der Waals surface area contributed by atoms with Gasteiger partial charge in [0.15, 0.2) is 0 Å². The molecule has 0 fully saturated rings. The Morgan fingerprint density at radius 1 is 0.625 bits per heavy atom. The number of pyridine rings is 2. The van der Waals surface area contributed by atoms with Gasteiger partial charge >= 0.3 is 0 Å². The maximum Gasteiger partial charge on any atom is 0.0887 e. The number of rotatable bonds is 1. The second-order valence-corrected chi connectivity index (χ2v) is 14.7. The van der Waals surface area contributed by atoms with Gasteiger partial charge in [-0.1, -0.05) is 11.8 Å². The Balaban J connectivity index is 2.17. The fraction of sp³-hybridized carbons (Fsp3) is 0.300. The average molecular weight is 357 g/mol. The maximum atomic E-state index is 4.48. The summed E-state index contributed by atoms with van der Waals surface area (Å²) in [5.74, 6) is 6.38. The SMILES string of the molecule is CS(C)(C)C#Cc1ccc(-c2ccc(C#CS(C)(C)C)cn2)nc1. The van der Waals surface area contributed by atoms with E-state index in [0.29, 0.717) is 0 Å². The van der Waals surface area contributed by atoms with Crippen LogP contribution in [0.4, 0.5) is 0 Å². The van der Waals surface area contributed by atoms with Crippen LogP contribution in [0.2, 0.25) is 0 Å². The molecule has 0 N–H and O–H groups in total. The third kappa shape index (κ3) is 6.32. The molecule has 0 aliphatic rings. The van der Waals surface area contributed by atoms with E-state index < -0.39 is 20.1 Å². The molecule has 2 aromatic rings. The summed E-state index contributed by atoms with van der Waals surface area (Å²) in [5.41, 5.74) is 3.59. The molecule has 0 radical (unpaired) electrons. The molecule has 2 heterocycles. The minimum Gasteiger partial charge on any atom is -0.253 e. The van der Waals surface area contributed by atoms with E-state index in [1.807, 2.05) is 36.7 Å². The Kier molecular flexibility index (Phi) is 5.65. The Bertz CT molecular complexity index is 743. The Morgan fingerprint density at radius 3 is 1.25 bits per heavy atom. The van der Waals surface area contributed by atoms with Crippen LogP contribution in [0.5, 0.6) is 0 Å². The summed E-state index contributed by atoms with van der Waals surface area (Å²) in [6.07, 6.45) is 16.7.